The molecule has 164 valence electrons. The molecule has 0 aromatic carbocycles. The second-order valence-corrected chi connectivity index (χ2v) is 8.97. The van der Waals surface area contributed by atoms with Gasteiger partial charge in [0, 0.05) is 12.0 Å². The average molecular weight is 408 g/mol. The molecular formula is C23H37NO5. The van der Waals surface area contributed by atoms with E-state index in [1.54, 1.807) is 6.08 Å². The molecule has 6 atom stereocenters. The van der Waals surface area contributed by atoms with E-state index < -0.39 is 18.2 Å². The number of nitrogens with zero attached hydrogens (tertiary/aromatic N) is 1. The van der Waals surface area contributed by atoms with Crippen molar-refractivity contribution in [2.75, 3.05) is 14.1 Å². The summed E-state index contributed by atoms with van der Waals surface area (Å²) in [5.41, 5.74) is 0. The van der Waals surface area contributed by atoms with Gasteiger partial charge in [0.05, 0.1) is 12.2 Å². The number of likely N-dealkylation sites (N-methyl/N-ethyl adjacent to an activating group) is 1. The number of fused-ring (bicyclic) bond motifs is 1. The van der Waals surface area contributed by atoms with Crippen LogP contribution < -0.4 is 0 Å². The highest BCUT2D eigenvalue weighted by molar-refractivity contribution is 5.82. The zero-order chi connectivity index (χ0) is 21.6. The summed E-state index contributed by atoms with van der Waals surface area (Å²) in [4.78, 5) is 27.0. The standard InChI is InChI=1S/C23H37NO5/c1-15(2)22(24(4)5)23(27)29-20-11-12-21(26)28-16(3)9-7-6-8-10-17-13-18(25)14-19(17)20/h8,10-12,15-20,22,25H,6-7,9,13-14H2,1-5H3/b10-8+,12-11+/t16-,17+,18-,19+,20+,22+/m0/s1. The van der Waals surface area contributed by atoms with Crippen LogP contribution in [0.2, 0.25) is 0 Å². The molecule has 0 spiro atoms. The fraction of sp³-hybridized carbons (Fsp3) is 0.739. The summed E-state index contributed by atoms with van der Waals surface area (Å²) >= 11 is 0. The molecule has 0 amide bonds. The molecule has 1 aliphatic heterocycles. The van der Waals surface area contributed by atoms with Gasteiger partial charge in [-0.3, -0.25) is 9.69 Å². The van der Waals surface area contributed by atoms with Crippen LogP contribution in [0.5, 0.6) is 0 Å². The smallest absolute Gasteiger partial charge is 0.330 e. The molecule has 1 aliphatic carbocycles. The Morgan fingerprint density at radius 2 is 2.00 bits per heavy atom. The number of carbonyl (C=O) groups is 2. The fourth-order valence-electron chi connectivity index (χ4n) is 4.49. The van der Waals surface area contributed by atoms with Crippen LogP contribution in [0.1, 0.15) is 52.9 Å². The number of hydrogen-bond acceptors (Lipinski definition) is 6. The van der Waals surface area contributed by atoms with Crippen LogP contribution in [0.3, 0.4) is 0 Å². The minimum atomic E-state index is -0.584. The highest BCUT2D eigenvalue weighted by Gasteiger charge is 2.39. The monoisotopic (exact) mass is 407 g/mol. The first kappa shape index (κ1) is 23.6. The Labute approximate surface area is 174 Å². The van der Waals surface area contributed by atoms with E-state index in [-0.39, 0.29) is 35.9 Å². The predicted octanol–water partition coefficient (Wildman–Crippen LogP) is 3.10. The SMILES string of the molecule is CC(C)[C@H](C(=O)O[C@@H]1/C=C/C(=O)O[C@@H](C)CCC/C=C/[C@@H]2C[C@H](O)C[C@H]21)N(C)C. The van der Waals surface area contributed by atoms with Crippen LogP contribution in [0.4, 0.5) is 0 Å². The predicted molar refractivity (Wildman–Crippen MR) is 112 cm³/mol. The summed E-state index contributed by atoms with van der Waals surface area (Å²) in [5, 5.41) is 10.3. The van der Waals surface area contributed by atoms with Crippen molar-refractivity contribution in [2.24, 2.45) is 17.8 Å². The minimum absolute atomic E-state index is 0.0672. The first-order valence-corrected chi connectivity index (χ1v) is 10.8. The summed E-state index contributed by atoms with van der Waals surface area (Å²) in [7, 11) is 3.71. The van der Waals surface area contributed by atoms with Crippen molar-refractivity contribution >= 4 is 11.9 Å². The first-order chi connectivity index (χ1) is 13.7. The maximum atomic E-state index is 12.9. The normalized spacial score (nSPS) is 34.3. The second-order valence-electron chi connectivity index (χ2n) is 8.97. The molecule has 1 heterocycles. The van der Waals surface area contributed by atoms with E-state index in [2.05, 4.69) is 12.2 Å². The summed E-state index contributed by atoms with van der Waals surface area (Å²) < 4.78 is 11.4. The zero-order valence-corrected chi connectivity index (χ0v) is 18.4. The van der Waals surface area contributed by atoms with Crippen LogP contribution >= 0.6 is 0 Å². The number of esters is 2. The van der Waals surface area contributed by atoms with Gasteiger partial charge in [0.1, 0.15) is 12.1 Å². The van der Waals surface area contributed by atoms with E-state index in [1.165, 1.54) is 6.08 Å². The Bertz CT molecular complexity index is 604. The summed E-state index contributed by atoms with van der Waals surface area (Å²) in [6.45, 7) is 5.85. The van der Waals surface area contributed by atoms with Gasteiger partial charge in [-0.1, -0.05) is 26.0 Å². The van der Waals surface area contributed by atoms with Gasteiger partial charge in [-0.25, -0.2) is 4.79 Å². The van der Waals surface area contributed by atoms with Crippen molar-refractivity contribution in [1.82, 2.24) is 4.90 Å². The molecule has 1 N–H and O–H groups in total. The van der Waals surface area contributed by atoms with E-state index in [0.29, 0.717) is 12.8 Å². The Balaban J connectivity index is 2.28. The molecule has 0 unspecified atom stereocenters. The lowest BCUT2D eigenvalue weighted by atomic mass is 9.89. The van der Waals surface area contributed by atoms with Crippen molar-refractivity contribution in [3.05, 3.63) is 24.3 Å². The number of cyclic esters (lactones) is 1. The third-order valence-corrected chi connectivity index (χ3v) is 5.85. The molecule has 0 radical (unpaired) electrons. The number of hydrogen-bond donors (Lipinski definition) is 1. The highest BCUT2D eigenvalue weighted by Crippen LogP contribution is 2.37. The van der Waals surface area contributed by atoms with Crippen LogP contribution in [0.25, 0.3) is 0 Å². The van der Waals surface area contributed by atoms with Crippen LogP contribution in [-0.2, 0) is 19.1 Å². The quantitative estimate of drug-likeness (QED) is 0.570. The third kappa shape index (κ3) is 6.96. The Hall–Kier alpha value is -1.66. The van der Waals surface area contributed by atoms with Gasteiger partial charge >= 0.3 is 11.9 Å². The zero-order valence-electron chi connectivity index (χ0n) is 18.4. The lowest BCUT2D eigenvalue weighted by Gasteiger charge is -2.30. The summed E-state index contributed by atoms with van der Waals surface area (Å²) in [6.07, 6.45) is 9.95. The molecule has 0 saturated heterocycles. The van der Waals surface area contributed by atoms with E-state index in [1.807, 2.05) is 39.8 Å². The molecule has 1 saturated carbocycles. The second kappa shape index (κ2) is 10.9. The van der Waals surface area contributed by atoms with Gasteiger partial charge in [0.15, 0.2) is 0 Å². The van der Waals surface area contributed by atoms with E-state index in [9.17, 15) is 14.7 Å². The highest BCUT2D eigenvalue weighted by atomic mass is 16.5. The Morgan fingerprint density at radius 3 is 2.66 bits per heavy atom. The maximum Gasteiger partial charge on any atom is 0.330 e. The van der Waals surface area contributed by atoms with Gasteiger partial charge in [0.25, 0.3) is 0 Å². The molecule has 1 fully saturated rings. The molecular weight excluding hydrogens is 370 g/mol. The molecule has 2 rings (SSSR count). The van der Waals surface area contributed by atoms with Crippen LogP contribution in [0.15, 0.2) is 24.3 Å². The maximum absolute atomic E-state index is 12.9. The fourth-order valence-corrected chi connectivity index (χ4v) is 4.49. The number of carbonyl (C=O) groups excluding carboxylic acids is 2. The summed E-state index contributed by atoms with van der Waals surface area (Å²) in [5.74, 6) is -0.600. The van der Waals surface area contributed by atoms with Crippen LogP contribution in [-0.4, -0.2) is 60.4 Å². The van der Waals surface area contributed by atoms with Crippen molar-refractivity contribution in [1.29, 1.82) is 0 Å². The van der Waals surface area contributed by atoms with Gasteiger partial charge in [-0.05, 0) is 71.0 Å². The minimum Gasteiger partial charge on any atom is -0.460 e. The van der Waals surface area contributed by atoms with Crippen molar-refractivity contribution in [2.45, 2.75) is 77.2 Å². The van der Waals surface area contributed by atoms with Gasteiger partial charge < -0.3 is 14.6 Å². The number of ether oxygens (including phenoxy) is 2. The lowest BCUT2D eigenvalue weighted by Crippen LogP contribution is -2.43. The molecule has 0 aromatic heterocycles. The largest absolute Gasteiger partial charge is 0.460 e. The molecule has 29 heavy (non-hydrogen) atoms. The Kier molecular flexibility index (Phi) is 8.90. The number of rotatable bonds is 4. The molecule has 6 heteroatoms. The average Bonchev–Trinajstić information content (AvgIpc) is 2.97. The Morgan fingerprint density at radius 1 is 1.28 bits per heavy atom. The van der Waals surface area contributed by atoms with E-state index in [4.69, 9.17) is 9.47 Å². The van der Waals surface area contributed by atoms with Crippen molar-refractivity contribution in [3.8, 4) is 0 Å². The number of aliphatic hydroxyl groups excluding tert-OH is 1. The van der Waals surface area contributed by atoms with E-state index >= 15 is 0 Å². The topological polar surface area (TPSA) is 76.1 Å². The van der Waals surface area contributed by atoms with Gasteiger partial charge in [0.2, 0.25) is 0 Å². The third-order valence-electron chi connectivity index (χ3n) is 5.85. The van der Waals surface area contributed by atoms with Gasteiger partial charge in [-0.2, -0.15) is 0 Å². The first-order valence-electron chi connectivity index (χ1n) is 10.8. The van der Waals surface area contributed by atoms with Crippen molar-refractivity contribution < 1.29 is 24.2 Å². The summed E-state index contributed by atoms with van der Waals surface area (Å²) in [6, 6.07) is -0.375. The van der Waals surface area contributed by atoms with Crippen LogP contribution in [0, 0.1) is 17.8 Å². The number of allylic oxidation sites excluding steroid dienone is 2. The molecule has 0 aromatic rings. The lowest BCUT2D eigenvalue weighted by molar-refractivity contribution is -0.157. The molecule has 0 bridgehead atoms. The van der Waals surface area contributed by atoms with E-state index in [0.717, 1.165) is 19.3 Å². The van der Waals surface area contributed by atoms with Gasteiger partial charge in [-0.15, -0.1) is 0 Å². The molecule has 2 aliphatic rings. The van der Waals surface area contributed by atoms with Crippen molar-refractivity contribution in [3.63, 3.8) is 0 Å². The number of aliphatic hydroxyl groups is 1. The molecule has 6 nitrogen and oxygen atoms in total.